The van der Waals surface area contributed by atoms with Crippen molar-refractivity contribution >= 4 is 17.3 Å². The number of halogens is 1. The quantitative estimate of drug-likeness (QED) is 0.888. The molecule has 0 bridgehead atoms. The third-order valence-electron chi connectivity index (χ3n) is 3.18. The zero-order valence-electron chi connectivity index (χ0n) is 12.0. The van der Waals surface area contributed by atoms with Gasteiger partial charge in [-0.2, -0.15) is 0 Å². The van der Waals surface area contributed by atoms with E-state index in [0.717, 1.165) is 11.3 Å². The topological polar surface area (TPSA) is 58.4 Å². The summed E-state index contributed by atoms with van der Waals surface area (Å²) in [5.41, 5.74) is 7.89. The number of nitrogens with zero attached hydrogens (tertiary/aromatic N) is 1. The van der Waals surface area contributed by atoms with Crippen molar-refractivity contribution in [1.29, 1.82) is 0 Å². The van der Waals surface area contributed by atoms with Crippen LogP contribution in [0, 0.1) is 5.82 Å². The Morgan fingerprint density at radius 2 is 1.67 bits per heavy atom. The summed E-state index contributed by atoms with van der Waals surface area (Å²) in [7, 11) is 3.88. The molecule has 0 aromatic heterocycles. The number of nitrogens with two attached hydrogens (primary N) is 1. The third-order valence-corrected chi connectivity index (χ3v) is 3.18. The highest BCUT2D eigenvalue weighted by atomic mass is 19.1. The molecule has 0 fully saturated rings. The molecule has 21 heavy (non-hydrogen) atoms. The molecule has 4 nitrogen and oxygen atoms in total. The van der Waals surface area contributed by atoms with Crippen molar-refractivity contribution in [3.8, 4) is 0 Å². The van der Waals surface area contributed by atoms with E-state index >= 15 is 0 Å². The van der Waals surface area contributed by atoms with Crippen molar-refractivity contribution in [3.05, 3.63) is 59.9 Å². The second kappa shape index (κ2) is 6.26. The van der Waals surface area contributed by atoms with Crippen molar-refractivity contribution in [2.24, 2.45) is 5.73 Å². The largest absolute Gasteiger partial charge is 0.378 e. The van der Waals surface area contributed by atoms with Crippen LogP contribution in [0.4, 0.5) is 15.8 Å². The van der Waals surface area contributed by atoms with Crippen LogP contribution in [0.25, 0.3) is 0 Å². The van der Waals surface area contributed by atoms with Crippen LogP contribution >= 0.6 is 0 Å². The van der Waals surface area contributed by atoms with E-state index in [1.807, 2.05) is 43.3 Å². The first-order valence-electron chi connectivity index (χ1n) is 6.56. The van der Waals surface area contributed by atoms with Gasteiger partial charge in [-0.15, -0.1) is 0 Å². The number of rotatable bonds is 5. The highest BCUT2D eigenvalue weighted by Gasteiger charge is 2.17. The van der Waals surface area contributed by atoms with Gasteiger partial charge in [0.25, 0.3) is 0 Å². The van der Waals surface area contributed by atoms with Crippen LogP contribution in [0.3, 0.4) is 0 Å². The van der Waals surface area contributed by atoms with Crippen LogP contribution in [0.5, 0.6) is 0 Å². The maximum absolute atomic E-state index is 12.9. The van der Waals surface area contributed by atoms with Gasteiger partial charge in [0.1, 0.15) is 11.9 Å². The Hall–Kier alpha value is -2.56. The fraction of sp³-hybridized carbons (Fsp3) is 0.188. The Kier molecular flexibility index (Phi) is 4.42. The second-order valence-electron chi connectivity index (χ2n) is 4.97. The van der Waals surface area contributed by atoms with Crippen molar-refractivity contribution in [3.63, 3.8) is 0 Å². The highest BCUT2D eigenvalue weighted by molar-refractivity contribution is 5.84. The minimum absolute atomic E-state index is 0.327. The zero-order chi connectivity index (χ0) is 15.4. The number of benzene rings is 2. The molecule has 1 atom stereocenters. The first-order chi connectivity index (χ1) is 9.97. The van der Waals surface area contributed by atoms with Gasteiger partial charge in [0, 0.05) is 25.5 Å². The molecule has 0 aliphatic heterocycles. The van der Waals surface area contributed by atoms with Gasteiger partial charge in [-0.05, 0) is 42.0 Å². The lowest BCUT2D eigenvalue weighted by Crippen LogP contribution is -2.27. The molecule has 0 radical (unpaired) electrons. The Morgan fingerprint density at radius 1 is 1.10 bits per heavy atom. The summed E-state index contributed by atoms with van der Waals surface area (Å²) < 4.78 is 12.9. The first-order valence-corrected chi connectivity index (χ1v) is 6.56. The van der Waals surface area contributed by atoms with Gasteiger partial charge in [0.05, 0.1) is 0 Å². The Labute approximate surface area is 123 Å². The summed E-state index contributed by atoms with van der Waals surface area (Å²) in [6, 6.07) is 12.7. The number of carbonyl (C=O) groups excluding carboxylic acids is 1. The number of nitrogens with one attached hydrogen (secondary N) is 1. The first kappa shape index (κ1) is 14.8. The van der Waals surface area contributed by atoms with E-state index < -0.39 is 11.9 Å². The smallest absolute Gasteiger partial charge is 0.244 e. The van der Waals surface area contributed by atoms with Gasteiger partial charge >= 0.3 is 0 Å². The molecule has 1 unspecified atom stereocenters. The van der Waals surface area contributed by atoms with E-state index in [-0.39, 0.29) is 5.82 Å². The number of anilines is 2. The Bertz CT molecular complexity index is 608. The molecular formula is C16H18FN3O. The van der Waals surface area contributed by atoms with Crippen LogP contribution < -0.4 is 16.0 Å². The molecule has 0 saturated heterocycles. The third kappa shape index (κ3) is 3.72. The fourth-order valence-corrected chi connectivity index (χ4v) is 2.00. The van der Waals surface area contributed by atoms with E-state index in [0.29, 0.717) is 5.69 Å². The minimum Gasteiger partial charge on any atom is -0.378 e. The lowest BCUT2D eigenvalue weighted by Gasteiger charge is -2.19. The van der Waals surface area contributed by atoms with E-state index in [9.17, 15) is 9.18 Å². The number of hydrogen-bond donors (Lipinski definition) is 2. The van der Waals surface area contributed by atoms with Gasteiger partial charge in [-0.1, -0.05) is 12.1 Å². The second-order valence-corrected chi connectivity index (χ2v) is 4.97. The number of primary amides is 1. The molecule has 5 heteroatoms. The summed E-state index contributed by atoms with van der Waals surface area (Å²) in [4.78, 5) is 13.6. The predicted molar refractivity (Wildman–Crippen MR) is 82.7 cm³/mol. The SMILES string of the molecule is CN(C)c1ccc(C(Nc2ccc(F)cc2)C(N)=O)cc1. The average molecular weight is 287 g/mol. The van der Waals surface area contributed by atoms with Crippen LogP contribution in [0.1, 0.15) is 11.6 Å². The number of carbonyl (C=O) groups is 1. The van der Waals surface area contributed by atoms with E-state index in [1.54, 1.807) is 12.1 Å². The van der Waals surface area contributed by atoms with Crippen molar-refractivity contribution in [1.82, 2.24) is 0 Å². The van der Waals surface area contributed by atoms with Crippen LogP contribution in [0.15, 0.2) is 48.5 Å². The number of amides is 1. The average Bonchev–Trinajstić information content (AvgIpc) is 2.46. The summed E-state index contributed by atoms with van der Waals surface area (Å²) in [6.45, 7) is 0. The summed E-state index contributed by atoms with van der Waals surface area (Å²) >= 11 is 0. The lowest BCUT2D eigenvalue weighted by molar-refractivity contribution is -0.118. The minimum atomic E-state index is -0.660. The van der Waals surface area contributed by atoms with Crippen molar-refractivity contribution < 1.29 is 9.18 Å². The van der Waals surface area contributed by atoms with E-state index in [1.165, 1.54) is 12.1 Å². The molecule has 0 saturated carbocycles. The number of hydrogen-bond acceptors (Lipinski definition) is 3. The van der Waals surface area contributed by atoms with Gasteiger partial charge in [0.15, 0.2) is 0 Å². The molecule has 0 heterocycles. The van der Waals surface area contributed by atoms with Crippen LogP contribution in [-0.4, -0.2) is 20.0 Å². The van der Waals surface area contributed by atoms with E-state index in [2.05, 4.69) is 5.32 Å². The zero-order valence-corrected chi connectivity index (χ0v) is 12.0. The molecular weight excluding hydrogens is 269 g/mol. The highest BCUT2D eigenvalue weighted by Crippen LogP contribution is 2.22. The van der Waals surface area contributed by atoms with Crippen LogP contribution in [-0.2, 0) is 4.79 Å². The molecule has 1 amide bonds. The standard InChI is InChI=1S/C16H18FN3O/c1-20(2)14-9-3-11(4-10-14)15(16(18)21)19-13-7-5-12(17)6-8-13/h3-10,15,19H,1-2H3,(H2,18,21). The van der Waals surface area contributed by atoms with Crippen molar-refractivity contribution in [2.75, 3.05) is 24.3 Å². The molecule has 0 aliphatic carbocycles. The molecule has 110 valence electrons. The Balaban J connectivity index is 2.22. The van der Waals surface area contributed by atoms with Gasteiger partial charge in [-0.3, -0.25) is 4.79 Å². The maximum atomic E-state index is 12.9. The maximum Gasteiger partial charge on any atom is 0.244 e. The summed E-state index contributed by atoms with van der Waals surface area (Å²) in [6.07, 6.45) is 0. The van der Waals surface area contributed by atoms with Gasteiger partial charge < -0.3 is 16.0 Å². The van der Waals surface area contributed by atoms with Crippen molar-refractivity contribution in [2.45, 2.75) is 6.04 Å². The fourth-order valence-electron chi connectivity index (χ4n) is 2.00. The Morgan fingerprint density at radius 3 is 2.14 bits per heavy atom. The molecule has 2 rings (SSSR count). The molecule has 0 aliphatic rings. The molecule has 2 aromatic rings. The lowest BCUT2D eigenvalue weighted by atomic mass is 10.1. The van der Waals surface area contributed by atoms with Gasteiger partial charge in [0.2, 0.25) is 5.91 Å². The normalized spacial score (nSPS) is 11.8. The predicted octanol–water partition coefficient (Wildman–Crippen LogP) is 2.53. The van der Waals surface area contributed by atoms with E-state index in [4.69, 9.17) is 5.73 Å². The van der Waals surface area contributed by atoms with Crippen LogP contribution in [0.2, 0.25) is 0 Å². The summed E-state index contributed by atoms with van der Waals surface area (Å²) in [5.74, 6) is -0.816. The monoisotopic (exact) mass is 287 g/mol. The van der Waals surface area contributed by atoms with Gasteiger partial charge in [-0.25, -0.2) is 4.39 Å². The molecule has 3 N–H and O–H groups in total. The summed E-state index contributed by atoms with van der Waals surface area (Å²) in [5, 5.41) is 3.02. The molecule has 2 aromatic carbocycles. The molecule has 0 spiro atoms.